The van der Waals surface area contributed by atoms with Gasteiger partial charge < -0.3 is 4.90 Å². The number of halogens is 4. The molecule has 0 aliphatic rings. The fourth-order valence-electron chi connectivity index (χ4n) is 1.11. The minimum absolute atomic E-state index is 0.0672. The zero-order valence-corrected chi connectivity index (χ0v) is 9.53. The lowest BCUT2D eigenvalue weighted by Gasteiger charge is -2.27. The zero-order chi connectivity index (χ0) is 12.1. The molecular weight excluding hydrogens is 231 g/mol. The molecule has 90 valence electrons. The molecule has 0 saturated heterocycles. The van der Waals surface area contributed by atoms with Crippen LogP contribution in [0.5, 0.6) is 0 Å². The Labute approximate surface area is 92.4 Å². The van der Waals surface area contributed by atoms with E-state index in [0.29, 0.717) is 6.42 Å². The van der Waals surface area contributed by atoms with E-state index in [1.165, 1.54) is 0 Å². The SMILES string of the molecule is CC(C)N(CC(F)(F)F)C(=O)CCCCl. The largest absolute Gasteiger partial charge is 0.406 e. The van der Waals surface area contributed by atoms with Gasteiger partial charge in [-0.2, -0.15) is 13.2 Å². The third-order valence-corrected chi connectivity index (χ3v) is 2.08. The molecule has 0 aromatic heterocycles. The van der Waals surface area contributed by atoms with Gasteiger partial charge in [0.15, 0.2) is 0 Å². The van der Waals surface area contributed by atoms with Crippen LogP contribution in [0, 0.1) is 0 Å². The molecule has 6 heteroatoms. The number of hydrogen-bond donors (Lipinski definition) is 0. The van der Waals surface area contributed by atoms with E-state index in [1.807, 2.05) is 0 Å². The number of hydrogen-bond acceptors (Lipinski definition) is 1. The van der Waals surface area contributed by atoms with Crippen LogP contribution in [-0.2, 0) is 4.79 Å². The molecule has 0 aromatic carbocycles. The highest BCUT2D eigenvalue weighted by Gasteiger charge is 2.33. The van der Waals surface area contributed by atoms with Crippen LogP contribution in [0.25, 0.3) is 0 Å². The predicted molar refractivity (Wildman–Crippen MR) is 52.9 cm³/mol. The molecule has 0 aliphatic heterocycles. The van der Waals surface area contributed by atoms with Gasteiger partial charge in [-0.25, -0.2) is 0 Å². The van der Waals surface area contributed by atoms with Gasteiger partial charge in [0.05, 0.1) is 0 Å². The minimum atomic E-state index is -4.35. The molecule has 0 aromatic rings. The van der Waals surface area contributed by atoms with Crippen molar-refractivity contribution in [2.24, 2.45) is 0 Å². The van der Waals surface area contributed by atoms with Crippen LogP contribution in [0.3, 0.4) is 0 Å². The van der Waals surface area contributed by atoms with Crippen molar-refractivity contribution in [3.8, 4) is 0 Å². The Hall–Kier alpha value is -0.450. The lowest BCUT2D eigenvalue weighted by molar-refractivity contribution is -0.164. The number of carbonyl (C=O) groups is 1. The van der Waals surface area contributed by atoms with Crippen molar-refractivity contribution in [1.82, 2.24) is 4.90 Å². The smallest absolute Gasteiger partial charge is 0.331 e. The van der Waals surface area contributed by atoms with E-state index in [1.54, 1.807) is 13.8 Å². The van der Waals surface area contributed by atoms with Crippen molar-refractivity contribution in [2.45, 2.75) is 38.9 Å². The average Bonchev–Trinajstić information content (AvgIpc) is 2.08. The standard InChI is InChI=1S/C9H15ClF3NO/c1-7(2)14(6-9(11,12)13)8(15)4-3-5-10/h7H,3-6H2,1-2H3. The van der Waals surface area contributed by atoms with E-state index >= 15 is 0 Å². The molecule has 0 bridgehead atoms. The van der Waals surface area contributed by atoms with Crippen LogP contribution in [-0.4, -0.2) is 35.4 Å². The second-order valence-electron chi connectivity index (χ2n) is 3.52. The molecule has 2 nitrogen and oxygen atoms in total. The van der Waals surface area contributed by atoms with Crippen LogP contribution < -0.4 is 0 Å². The number of nitrogens with zero attached hydrogens (tertiary/aromatic N) is 1. The van der Waals surface area contributed by atoms with Crippen molar-refractivity contribution >= 4 is 17.5 Å². The number of rotatable bonds is 5. The summed E-state index contributed by atoms with van der Waals surface area (Å²) < 4.78 is 36.4. The molecule has 0 unspecified atom stereocenters. The molecule has 0 N–H and O–H groups in total. The lowest BCUT2D eigenvalue weighted by atomic mass is 10.2. The van der Waals surface area contributed by atoms with E-state index in [0.717, 1.165) is 4.90 Å². The van der Waals surface area contributed by atoms with Gasteiger partial charge in [-0.1, -0.05) is 0 Å². The Morgan fingerprint density at radius 3 is 2.27 bits per heavy atom. The summed E-state index contributed by atoms with van der Waals surface area (Å²) in [6.07, 6.45) is -3.87. The van der Waals surface area contributed by atoms with Crippen molar-refractivity contribution in [1.29, 1.82) is 0 Å². The maximum Gasteiger partial charge on any atom is 0.406 e. The van der Waals surface area contributed by atoms with E-state index in [4.69, 9.17) is 11.6 Å². The van der Waals surface area contributed by atoms with E-state index in [9.17, 15) is 18.0 Å². The summed E-state index contributed by atoms with van der Waals surface area (Å²) in [7, 11) is 0. The number of alkyl halides is 4. The van der Waals surface area contributed by atoms with Crippen LogP contribution in [0.4, 0.5) is 13.2 Å². The van der Waals surface area contributed by atoms with Crippen molar-refractivity contribution in [3.05, 3.63) is 0 Å². The quantitative estimate of drug-likeness (QED) is 0.682. The van der Waals surface area contributed by atoms with Gasteiger partial charge in [-0.05, 0) is 20.3 Å². The van der Waals surface area contributed by atoms with E-state index in [-0.39, 0.29) is 12.3 Å². The summed E-state index contributed by atoms with van der Waals surface area (Å²) in [6.45, 7) is 1.93. The summed E-state index contributed by atoms with van der Waals surface area (Å²) in [5.74, 6) is -0.216. The Kier molecular flexibility index (Phi) is 6.02. The molecular formula is C9H15ClF3NO. The Morgan fingerprint density at radius 1 is 1.40 bits per heavy atom. The third kappa shape index (κ3) is 6.60. The molecule has 0 aliphatic carbocycles. The molecule has 0 fully saturated rings. The van der Waals surface area contributed by atoms with Crippen LogP contribution in [0.1, 0.15) is 26.7 Å². The van der Waals surface area contributed by atoms with Gasteiger partial charge in [0.2, 0.25) is 5.91 Å². The monoisotopic (exact) mass is 245 g/mol. The topological polar surface area (TPSA) is 20.3 Å². The highest BCUT2D eigenvalue weighted by atomic mass is 35.5. The number of amides is 1. The number of carbonyl (C=O) groups excluding carboxylic acids is 1. The van der Waals surface area contributed by atoms with Crippen LogP contribution >= 0.6 is 11.6 Å². The maximum absolute atomic E-state index is 12.1. The summed E-state index contributed by atoms with van der Waals surface area (Å²) in [5.41, 5.74) is 0. The summed E-state index contributed by atoms with van der Waals surface area (Å²) >= 11 is 5.37. The van der Waals surface area contributed by atoms with Gasteiger partial charge in [-0.3, -0.25) is 4.79 Å². The first kappa shape index (κ1) is 14.6. The fraction of sp³-hybridized carbons (Fsp3) is 0.889. The minimum Gasteiger partial charge on any atom is -0.331 e. The molecule has 1 amide bonds. The van der Waals surface area contributed by atoms with Crippen LogP contribution in [0.2, 0.25) is 0 Å². The zero-order valence-electron chi connectivity index (χ0n) is 8.77. The molecule has 0 heterocycles. The first-order valence-electron chi connectivity index (χ1n) is 4.70. The van der Waals surface area contributed by atoms with Crippen molar-refractivity contribution in [2.75, 3.05) is 12.4 Å². The van der Waals surface area contributed by atoms with Gasteiger partial charge in [0.25, 0.3) is 0 Å². The van der Waals surface area contributed by atoms with Gasteiger partial charge in [-0.15, -0.1) is 11.6 Å². The molecule has 0 spiro atoms. The molecule has 0 atom stereocenters. The fourth-order valence-corrected chi connectivity index (χ4v) is 1.25. The maximum atomic E-state index is 12.1. The second kappa shape index (κ2) is 6.20. The van der Waals surface area contributed by atoms with Gasteiger partial charge in [0, 0.05) is 18.3 Å². The first-order chi connectivity index (χ1) is 6.78. The summed E-state index contributed by atoms with van der Waals surface area (Å²) in [5, 5.41) is 0. The lowest BCUT2D eigenvalue weighted by Crippen LogP contribution is -2.43. The highest BCUT2D eigenvalue weighted by Crippen LogP contribution is 2.19. The second-order valence-corrected chi connectivity index (χ2v) is 3.90. The van der Waals surface area contributed by atoms with Crippen molar-refractivity contribution < 1.29 is 18.0 Å². The third-order valence-electron chi connectivity index (χ3n) is 1.82. The van der Waals surface area contributed by atoms with Gasteiger partial charge in [0.1, 0.15) is 6.54 Å². The summed E-state index contributed by atoms with van der Waals surface area (Å²) in [4.78, 5) is 12.2. The van der Waals surface area contributed by atoms with Crippen molar-refractivity contribution in [3.63, 3.8) is 0 Å². The average molecular weight is 246 g/mol. The molecule has 0 rings (SSSR count). The first-order valence-corrected chi connectivity index (χ1v) is 5.23. The summed E-state index contributed by atoms with van der Waals surface area (Å²) in [6, 6.07) is -0.450. The van der Waals surface area contributed by atoms with E-state index in [2.05, 4.69) is 0 Å². The van der Waals surface area contributed by atoms with Gasteiger partial charge >= 0.3 is 6.18 Å². The normalized spacial score (nSPS) is 11.9. The Bertz CT molecular complexity index is 206. The van der Waals surface area contributed by atoms with E-state index < -0.39 is 24.7 Å². The molecule has 0 saturated carbocycles. The Balaban J connectivity index is 4.33. The molecule has 0 radical (unpaired) electrons. The molecule has 15 heavy (non-hydrogen) atoms. The van der Waals surface area contributed by atoms with Crippen LogP contribution in [0.15, 0.2) is 0 Å². The Morgan fingerprint density at radius 2 is 1.93 bits per heavy atom. The highest BCUT2D eigenvalue weighted by molar-refractivity contribution is 6.17. The predicted octanol–water partition coefficient (Wildman–Crippen LogP) is 2.80.